The maximum atomic E-state index is 12.8. The molecule has 0 amide bonds. The van der Waals surface area contributed by atoms with Gasteiger partial charge in [-0.15, -0.1) is 0 Å². The topological polar surface area (TPSA) is 88.3 Å². The number of nitrogens with one attached hydrogen (secondary N) is 1. The first-order valence-corrected chi connectivity index (χ1v) is 8.80. The largest absolute Gasteiger partial charge is 0.305 e. The number of rotatable bonds is 3. The Bertz CT molecular complexity index is 800. The van der Waals surface area contributed by atoms with Crippen LogP contribution in [0, 0.1) is 13.8 Å². The lowest BCUT2D eigenvalue weighted by Crippen LogP contribution is -2.46. The summed E-state index contributed by atoms with van der Waals surface area (Å²) in [6, 6.07) is 1.72. The lowest BCUT2D eigenvalue weighted by Gasteiger charge is -2.30. The molecule has 0 aliphatic carbocycles. The molecule has 0 saturated carbocycles. The summed E-state index contributed by atoms with van der Waals surface area (Å²) in [4.78, 5) is 2.30. The average molecular weight is 324 g/mol. The summed E-state index contributed by atoms with van der Waals surface area (Å²) >= 11 is 0. The van der Waals surface area contributed by atoms with E-state index < -0.39 is 10.0 Å². The number of sulfonamides is 1. The van der Waals surface area contributed by atoms with Crippen LogP contribution in [0.1, 0.15) is 24.0 Å². The van der Waals surface area contributed by atoms with Crippen molar-refractivity contribution in [2.24, 2.45) is 0 Å². The Morgan fingerprint density at radius 1 is 1.27 bits per heavy atom. The van der Waals surface area contributed by atoms with Crippen LogP contribution < -0.4 is 4.72 Å². The van der Waals surface area contributed by atoms with Crippen molar-refractivity contribution < 1.29 is 13.0 Å². The highest BCUT2D eigenvalue weighted by atomic mass is 32.2. The molecule has 22 heavy (non-hydrogen) atoms. The fourth-order valence-electron chi connectivity index (χ4n) is 3.12. The van der Waals surface area contributed by atoms with Crippen molar-refractivity contribution in [3.8, 4) is 0 Å². The Kier molecular flexibility index (Phi) is 3.92. The first-order chi connectivity index (χ1) is 10.4. The van der Waals surface area contributed by atoms with Gasteiger partial charge in [0.15, 0.2) is 5.52 Å². The molecule has 120 valence electrons. The lowest BCUT2D eigenvalue weighted by atomic mass is 10.1. The summed E-state index contributed by atoms with van der Waals surface area (Å²) in [5.74, 6) is 0. The highest BCUT2D eigenvalue weighted by Crippen LogP contribution is 2.27. The third-order valence-corrected chi connectivity index (χ3v) is 5.78. The third-order valence-electron chi connectivity index (χ3n) is 4.08. The fraction of sp³-hybridized carbons (Fsp3) is 0.571. The van der Waals surface area contributed by atoms with Crippen molar-refractivity contribution in [2.75, 3.05) is 20.1 Å². The molecule has 1 saturated heterocycles. The van der Waals surface area contributed by atoms with E-state index >= 15 is 0 Å². The fourth-order valence-corrected chi connectivity index (χ4v) is 4.74. The number of aryl methyl sites for hydroxylation is 2. The SMILES string of the molecule is Cc1cc(C)c2nonc2c1S(=O)(=O)NC1CCCN(C)C1. The van der Waals surface area contributed by atoms with Crippen molar-refractivity contribution in [2.45, 2.75) is 37.6 Å². The van der Waals surface area contributed by atoms with E-state index in [0.717, 1.165) is 24.9 Å². The van der Waals surface area contributed by atoms with Gasteiger partial charge in [-0.25, -0.2) is 17.8 Å². The predicted octanol–water partition coefficient (Wildman–Crippen LogP) is 1.21. The lowest BCUT2D eigenvalue weighted by molar-refractivity contribution is 0.242. The van der Waals surface area contributed by atoms with Gasteiger partial charge in [0, 0.05) is 12.6 Å². The monoisotopic (exact) mass is 324 g/mol. The second-order valence-corrected chi connectivity index (χ2v) is 7.67. The summed E-state index contributed by atoms with van der Waals surface area (Å²) in [6.45, 7) is 5.34. The van der Waals surface area contributed by atoms with Crippen LogP contribution in [0.25, 0.3) is 11.0 Å². The van der Waals surface area contributed by atoms with Gasteiger partial charge in [0.25, 0.3) is 0 Å². The van der Waals surface area contributed by atoms with Gasteiger partial charge in [0.05, 0.1) is 0 Å². The summed E-state index contributed by atoms with van der Waals surface area (Å²) in [7, 11) is -1.67. The van der Waals surface area contributed by atoms with Gasteiger partial charge in [-0.3, -0.25) is 0 Å². The maximum absolute atomic E-state index is 12.8. The van der Waals surface area contributed by atoms with Gasteiger partial charge >= 0.3 is 0 Å². The molecule has 0 bridgehead atoms. The zero-order chi connectivity index (χ0) is 15.9. The first kappa shape index (κ1) is 15.4. The molecule has 8 heteroatoms. The van der Waals surface area contributed by atoms with Gasteiger partial charge in [0.2, 0.25) is 10.0 Å². The van der Waals surface area contributed by atoms with Crippen LogP contribution in [-0.4, -0.2) is 49.8 Å². The van der Waals surface area contributed by atoms with Crippen molar-refractivity contribution >= 4 is 21.1 Å². The number of hydrogen-bond acceptors (Lipinski definition) is 6. The normalized spacial score (nSPS) is 20.6. The molecule has 1 N–H and O–H groups in total. The van der Waals surface area contributed by atoms with Crippen LogP contribution in [0.2, 0.25) is 0 Å². The molecule has 3 rings (SSSR count). The molecule has 1 fully saturated rings. The van der Waals surface area contributed by atoms with Crippen molar-refractivity contribution in [1.29, 1.82) is 0 Å². The number of piperidine rings is 1. The molecule has 1 atom stereocenters. The highest BCUT2D eigenvalue weighted by Gasteiger charge is 2.28. The van der Waals surface area contributed by atoms with Crippen molar-refractivity contribution in [3.05, 3.63) is 17.2 Å². The summed E-state index contributed by atoms with van der Waals surface area (Å²) < 4.78 is 33.2. The molecule has 1 aliphatic heterocycles. The minimum atomic E-state index is -3.67. The Morgan fingerprint density at radius 2 is 2.00 bits per heavy atom. The number of benzene rings is 1. The zero-order valence-corrected chi connectivity index (χ0v) is 13.8. The Balaban J connectivity index is 2.00. The summed E-state index contributed by atoms with van der Waals surface area (Å²) in [5.41, 5.74) is 2.29. The summed E-state index contributed by atoms with van der Waals surface area (Å²) in [5, 5.41) is 7.60. The number of likely N-dealkylation sites (tertiary alicyclic amines) is 1. The van der Waals surface area contributed by atoms with Crippen LogP contribution in [0.5, 0.6) is 0 Å². The number of fused-ring (bicyclic) bond motifs is 1. The molecule has 7 nitrogen and oxygen atoms in total. The first-order valence-electron chi connectivity index (χ1n) is 7.32. The van der Waals surface area contributed by atoms with E-state index in [1.165, 1.54) is 0 Å². The minimum absolute atomic E-state index is 0.0839. The molecule has 1 aliphatic rings. The second-order valence-electron chi connectivity index (χ2n) is 6.02. The Hall–Kier alpha value is -1.51. The Morgan fingerprint density at radius 3 is 2.73 bits per heavy atom. The van der Waals surface area contributed by atoms with Crippen LogP contribution in [0.4, 0.5) is 0 Å². The molecule has 1 aromatic heterocycles. The number of aromatic nitrogens is 2. The van der Waals surface area contributed by atoms with E-state index in [1.54, 1.807) is 13.0 Å². The van der Waals surface area contributed by atoms with Crippen LogP contribution in [0.3, 0.4) is 0 Å². The molecule has 0 radical (unpaired) electrons. The van der Waals surface area contributed by atoms with Gasteiger partial charge < -0.3 is 4.90 Å². The van der Waals surface area contributed by atoms with E-state index in [1.807, 2.05) is 14.0 Å². The van der Waals surface area contributed by atoms with Crippen LogP contribution in [-0.2, 0) is 10.0 Å². The molecule has 1 unspecified atom stereocenters. The second kappa shape index (κ2) is 5.60. The van der Waals surface area contributed by atoms with E-state index in [-0.39, 0.29) is 10.9 Å². The number of nitrogens with zero attached hydrogens (tertiary/aromatic N) is 3. The molecule has 2 aromatic rings. The van der Waals surface area contributed by atoms with Gasteiger partial charge in [0.1, 0.15) is 10.4 Å². The maximum Gasteiger partial charge on any atom is 0.243 e. The molecular weight excluding hydrogens is 304 g/mol. The molecular formula is C14H20N4O3S. The van der Waals surface area contributed by atoms with Gasteiger partial charge in [-0.1, -0.05) is 6.07 Å². The van der Waals surface area contributed by atoms with Gasteiger partial charge in [-0.05, 0) is 61.7 Å². The van der Waals surface area contributed by atoms with Crippen molar-refractivity contribution in [1.82, 2.24) is 19.9 Å². The standard InChI is InChI=1S/C14H20N4O3S/c1-9-7-10(2)14(13-12(9)15-21-16-13)22(19,20)17-11-5-4-6-18(3)8-11/h7,11,17H,4-6,8H2,1-3H3. The molecule has 2 heterocycles. The minimum Gasteiger partial charge on any atom is -0.305 e. The quantitative estimate of drug-likeness (QED) is 0.913. The van der Waals surface area contributed by atoms with Crippen LogP contribution >= 0.6 is 0 Å². The Labute approximate surface area is 129 Å². The summed E-state index contributed by atoms with van der Waals surface area (Å²) in [6.07, 6.45) is 1.83. The van der Waals surface area contributed by atoms with E-state index in [9.17, 15) is 8.42 Å². The zero-order valence-electron chi connectivity index (χ0n) is 13.0. The van der Waals surface area contributed by atoms with E-state index in [4.69, 9.17) is 4.63 Å². The van der Waals surface area contributed by atoms with E-state index in [2.05, 4.69) is 19.9 Å². The highest BCUT2D eigenvalue weighted by molar-refractivity contribution is 7.89. The van der Waals surface area contributed by atoms with Gasteiger partial charge in [-0.2, -0.15) is 0 Å². The van der Waals surface area contributed by atoms with Crippen molar-refractivity contribution in [3.63, 3.8) is 0 Å². The number of likely N-dealkylation sites (N-methyl/N-ethyl adjacent to an activating group) is 1. The molecule has 1 aromatic carbocycles. The number of hydrogen-bond donors (Lipinski definition) is 1. The average Bonchev–Trinajstić information content (AvgIpc) is 2.86. The van der Waals surface area contributed by atoms with E-state index in [0.29, 0.717) is 23.1 Å². The molecule has 0 spiro atoms. The third kappa shape index (κ3) is 2.73. The smallest absolute Gasteiger partial charge is 0.243 e. The predicted molar refractivity (Wildman–Crippen MR) is 82.1 cm³/mol. The van der Waals surface area contributed by atoms with Crippen LogP contribution in [0.15, 0.2) is 15.6 Å².